The van der Waals surface area contributed by atoms with Crippen LogP contribution in [0.2, 0.25) is 0 Å². The summed E-state index contributed by atoms with van der Waals surface area (Å²) in [6.07, 6.45) is -3.46. The molecule has 1 aliphatic heterocycles. The molecule has 1 saturated heterocycles. The normalized spacial score (nSPS) is 17.2. The zero-order valence-corrected chi connectivity index (χ0v) is 13.3. The minimum atomic E-state index is -4.39. The van der Waals surface area contributed by atoms with Crippen molar-refractivity contribution in [2.45, 2.75) is 31.0 Å². The van der Waals surface area contributed by atoms with Gasteiger partial charge in [-0.2, -0.15) is 13.2 Å². The number of alkyl halides is 3. The molecule has 0 spiro atoms. The third-order valence-corrected chi connectivity index (χ3v) is 3.84. The Balaban J connectivity index is 0.00000264. The average Bonchev–Trinajstić information content (AvgIpc) is 2.47. The molecule has 0 radical (unpaired) electrons. The van der Waals surface area contributed by atoms with Gasteiger partial charge in [0.25, 0.3) is 0 Å². The molecule has 1 aromatic carbocycles. The molecule has 1 amide bonds. The van der Waals surface area contributed by atoms with E-state index in [-0.39, 0.29) is 36.8 Å². The number of nitrogens with two attached hydrogens (primary N) is 1. The third kappa shape index (κ3) is 5.09. The molecule has 8 heteroatoms. The third-order valence-electron chi connectivity index (χ3n) is 3.84. The van der Waals surface area contributed by atoms with Crippen molar-refractivity contribution in [3.05, 3.63) is 35.4 Å². The maximum absolute atomic E-state index is 12.9. The van der Waals surface area contributed by atoms with E-state index in [1.54, 1.807) is 6.07 Å². The standard InChI is InChI=1S/C15H19F3N2O2.ClH/c16-15(17,18)12-4-2-1-3-11(12)5-8-20-13(21)14(19)6-9-22-10-7-14;/h1-4H,5-10,19H2,(H,20,21);1H. The van der Waals surface area contributed by atoms with Gasteiger partial charge in [0.05, 0.1) is 11.1 Å². The Morgan fingerprint density at radius 2 is 1.87 bits per heavy atom. The molecular formula is C15H20ClF3N2O2. The largest absolute Gasteiger partial charge is 0.416 e. The van der Waals surface area contributed by atoms with Gasteiger partial charge < -0.3 is 15.8 Å². The topological polar surface area (TPSA) is 64.4 Å². The van der Waals surface area contributed by atoms with Crippen LogP contribution in [0.3, 0.4) is 0 Å². The van der Waals surface area contributed by atoms with Gasteiger partial charge in [0.2, 0.25) is 5.91 Å². The van der Waals surface area contributed by atoms with E-state index in [9.17, 15) is 18.0 Å². The van der Waals surface area contributed by atoms with Gasteiger partial charge in [0, 0.05) is 19.8 Å². The monoisotopic (exact) mass is 352 g/mol. The number of halogens is 4. The summed E-state index contributed by atoms with van der Waals surface area (Å²) in [5.74, 6) is -0.333. The van der Waals surface area contributed by atoms with Crippen molar-refractivity contribution in [1.29, 1.82) is 0 Å². The molecule has 23 heavy (non-hydrogen) atoms. The lowest BCUT2D eigenvalue weighted by atomic mass is 9.90. The second-order valence-electron chi connectivity index (χ2n) is 5.43. The molecular weight excluding hydrogens is 333 g/mol. The van der Waals surface area contributed by atoms with Crippen molar-refractivity contribution in [3.63, 3.8) is 0 Å². The van der Waals surface area contributed by atoms with Crippen LogP contribution >= 0.6 is 12.4 Å². The molecule has 0 bridgehead atoms. The van der Waals surface area contributed by atoms with E-state index in [0.29, 0.717) is 26.1 Å². The molecule has 0 saturated carbocycles. The van der Waals surface area contributed by atoms with Crippen molar-refractivity contribution >= 4 is 18.3 Å². The lowest BCUT2D eigenvalue weighted by Gasteiger charge is -2.31. The Kier molecular flexibility index (Phi) is 6.85. The van der Waals surface area contributed by atoms with Crippen LogP contribution in [-0.2, 0) is 22.1 Å². The molecule has 1 aliphatic rings. The highest BCUT2D eigenvalue weighted by Crippen LogP contribution is 2.31. The first-order valence-electron chi connectivity index (χ1n) is 7.13. The van der Waals surface area contributed by atoms with E-state index in [1.807, 2.05) is 0 Å². The number of ether oxygens (including phenoxy) is 1. The number of rotatable bonds is 4. The highest BCUT2D eigenvalue weighted by atomic mass is 35.5. The Labute approximate surface area is 139 Å². The van der Waals surface area contributed by atoms with Gasteiger partial charge in [-0.3, -0.25) is 4.79 Å². The number of carbonyl (C=O) groups is 1. The second kappa shape index (κ2) is 7.99. The molecule has 4 nitrogen and oxygen atoms in total. The number of benzene rings is 1. The van der Waals surface area contributed by atoms with Crippen LogP contribution in [-0.4, -0.2) is 31.2 Å². The van der Waals surface area contributed by atoms with Crippen molar-refractivity contribution < 1.29 is 22.7 Å². The summed E-state index contributed by atoms with van der Waals surface area (Å²) in [4.78, 5) is 12.1. The molecule has 0 aromatic heterocycles. The molecule has 0 aliphatic carbocycles. The highest BCUT2D eigenvalue weighted by molar-refractivity contribution is 5.86. The highest BCUT2D eigenvalue weighted by Gasteiger charge is 2.36. The predicted molar refractivity (Wildman–Crippen MR) is 82.4 cm³/mol. The fraction of sp³-hybridized carbons (Fsp3) is 0.533. The van der Waals surface area contributed by atoms with Gasteiger partial charge in [-0.1, -0.05) is 18.2 Å². The van der Waals surface area contributed by atoms with Crippen LogP contribution in [0.5, 0.6) is 0 Å². The summed E-state index contributed by atoms with van der Waals surface area (Å²) < 4.78 is 43.8. The summed E-state index contributed by atoms with van der Waals surface area (Å²) in [5.41, 5.74) is 4.52. The van der Waals surface area contributed by atoms with Crippen LogP contribution in [0.4, 0.5) is 13.2 Å². The summed E-state index contributed by atoms with van der Waals surface area (Å²) in [7, 11) is 0. The lowest BCUT2D eigenvalue weighted by molar-refractivity contribution is -0.138. The zero-order chi connectivity index (χ0) is 16.2. The maximum Gasteiger partial charge on any atom is 0.416 e. The van der Waals surface area contributed by atoms with Gasteiger partial charge >= 0.3 is 6.18 Å². The van der Waals surface area contributed by atoms with E-state index in [2.05, 4.69) is 5.32 Å². The first-order valence-corrected chi connectivity index (χ1v) is 7.13. The zero-order valence-electron chi connectivity index (χ0n) is 12.5. The minimum Gasteiger partial charge on any atom is -0.381 e. The lowest BCUT2D eigenvalue weighted by Crippen LogP contribution is -2.57. The number of hydrogen-bond acceptors (Lipinski definition) is 3. The van der Waals surface area contributed by atoms with E-state index < -0.39 is 17.3 Å². The van der Waals surface area contributed by atoms with Crippen LogP contribution in [0.15, 0.2) is 24.3 Å². The Morgan fingerprint density at radius 1 is 1.26 bits per heavy atom. The van der Waals surface area contributed by atoms with Gasteiger partial charge in [0.15, 0.2) is 0 Å². The van der Waals surface area contributed by atoms with E-state index >= 15 is 0 Å². The van der Waals surface area contributed by atoms with Crippen LogP contribution in [0, 0.1) is 0 Å². The fourth-order valence-corrected chi connectivity index (χ4v) is 2.46. The molecule has 2 rings (SSSR count). The van der Waals surface area contributed by atoms with Gasteiger partial charge in [-0.15, -0.1) is 12.4 Å². The van der Waals surface area contributed by atoms with Crippen molar-refractivity contribution in [2.75, 3.05) is 19.8 Å². The summed E-state index contributed by atoms with van der Waals surface area (Å²) in [6, 6.07) is 5.36. The Morgan fingerprint density at radius 3 is 2.48 bits per heavy atom. The molecule has 1 aromatic rings. The van der Waals surface area contributed by atoms with Crippen molar-refractivity contribution in [3.8, 4) is 0 Å². The molecule has 0 atom stereocenters. The van der Waals surface area contributed by atoms with Gasteiger partial charge in [-0.25, -0.2) is 0 Å². The minimum absolute atomic E-state index is 0. The van der Waals surface area contributed by atoms with E-state index in [4.69, 9.17) is 10.5 Å². The molecule has 0 unspecified atom stereocenters. The number of hydrogen-bond donors (Lipinski definition) is 2. The Hall–Kier alpha value is -1.31. The molecule has 3 N–H and O–H groups in total. The predicted octanol–water partition coefficient (Wildman–Crippen LogP) is 2.29. The number of nitrogens with one attached hydrogen (secondary N) is 1. The van der Waals surface area contributed by atoms with Crippen molar-refractivity contribution in [1.82, 2.24) is 5.32 Å². The van der Waals surface area contributed by atoms with Gasteiger partial charge in [0.1, 0.15) is 0 Å². The first-order chi connectivity index (χ1) is 10.3. The molecule has 130 valence electrons. The number of amides is 1. The fourth-order valence-electron chi connectivity index (χ4n) is 2.46. The molecule has 1 fully saturated rings. The van der Waals surface area contributed by atoms with Crippen LogP contribution in [0.25, 0.3) is 0 Å². The second-order valence-corrected chi connectivity index (χ2v) is 5.43. The quantitative estimate of drug-likeness (QED) is 0.874. The van der Waals surface area contributed by atoms with Crippen LogP contribution in [0.1, 0.15) is 24.0 Å². The van der Waals surface area contributed by atoms with E-state index in [0.717, 1.165) is 6.07 Å². The summed E-state index contributed by atoms with van der Waals surface area (Å²) >= 11 is 0. The smallest absolute Gasteiger partial charge is 0.381 e. The van der Waals surface area contributed by atoms with Crippen molar-refractivity contribution in [2.24, 2.45) is 5.73 Å². The maximum atomic E-state index is 12.9. The van der Waals surface area contributed by atoms with E-state index in [1.165, 1.54) is 12.1 Å². The number of carbonyl (C=O) groups excluding carboxylic acids is 1. The van der Waals surface area contributed by atoms with Gasteiger partial charge in [-0.05, 0) is 30.9 Å². The first kappa shape index (κ1) is 19.7. The molecule has 1 heterocycles. The summed E-state index contributed by atoms with van der Waals surface area (Å²) in [6.45, 7) is 0.952. The summed E-state index contributed by atoms with van der Waals surface area (Å²) in [5, 5.41) is 2.63. The SMILES string of the molecule is Cl.NC1(C(=O)NCCc2ccccc2C(F)(F)F)CCOCC1. The Bertz CT molecular complexity index is 532. The van der Waals surface area contributed by atoms with Crippen LogP contribution < -0.4 is 11.1 Å². The average molecular weight is 353 g/mol.